The Morgan fingerprint density at radius 1 is 1.31 bits per heavy atom. The van der Waals surface area contributed by atoms with Crippen LogP contribution in [0.25, 0.3) is 11.5 Å². The SMILES string of the molecule is CC(OC(=O)CC1Sc2ccc(Cl)cc2NC1=O)c1nnc(-c2ccc([N+](=O)[O-])cc2)o1. The summed E-state index contributed by atoms with van der Waals surface area (Å²) in [7, 11) is 0. The number of esters is 1. The number of ether oxygens (including phenoxy) is 1. The number of nitro groups is 1. The van der Waals surface area contributed by atoms with Crippen LogP contribution in [0.5, 0.6) is 0 Å². The number of fused-ring (bicyclic) bond motifs is 1. The highest BCUT2D eigenvalue weighted by Gasteiger charge is 2.31. The zero-order chi connectivity index (χ0) is 22.8. The number of nitrogens with one attached hydrogen (secondary N) is 1. The molecule has 2 aromatic carbocycles. The molecular formula is C20H15ClN4O6S. The van der Waals surface area contributed by atoms with Crippen molar-refractivity contribution in [1.82, 2.24) is 10.2 Å². The lowest BCUT2D eigenvalue weighted by molar-refractivity contribution is -0.384. The van der Waals surface area contributed by atoms with Gasteiger partial charge < -0.3 is 14.5 Å². The van der Waals surface area contributed by atoms with Gasteiger partial charge in [0.05, 0.1) is 22.3 Å². The summed E-state index contributed by atoms with van der Waals surface area (Å²) in [5, 5.41) is 21.1. The summed E-state index contributed by atoms with van der Waals surface area (Å²) in [6, 6.07) is 10.7. The molecule has 4 rings (SSSR count). The van der Waals surface area contributed by atoms with Crippen LogP contribution in [0.15, 0.2) is 51.8 Å². The van der Waals surface area contributed by atoms with E-state index in [1.807, 2.05) is 0 Å². The Morgan fingerprint density at radius 2 is 2.06 bits per heavy atom. The van der Waals surface area contributed by atoms with Gasteiger partial charge in [0.2, 0.25) is 11.8 Å². The third-order valence-corrected chi connectivity index (χ3v) is 6.05. The summed E-state index contributed by atoms with van der Waals surface area (Å²) in [6.45, 7) is 1.57. The molecule has 1 aliphatic rings. The molecule has 0 aliphatic carbocycles. The number of benzene rings is 2. The first kappa shape index (κ1) is 21.8. The third-order valence-electron chi connectivity index (χ3n) is 4.53. The summed E-state index contributed by atoms with van der Waals surface area (Å²) in [5.74, 6) is -0.715. The van der Waals surface area contributed by atoms with Crippen LogP contribution in [-0.2, 0) is 14.3 Å². The zero-order valence-corrected chi connectivity index (χ0v) is 18.1. The monoisotopic (exact) mass is 474 g/mol. The van der Waals surface area contributed by atoms with Crippen LogP contribution in [0.3, 0.4) is 0 Å². The minimum Gasteiger partial charge on any atom is -0.453 e. The van der Waals surface area contributed by atoms with Crippen LogP contribution in [0.4, 0.5) is 11.4 Å². The van der Waals surface area contributed by atoms with Crippen molar-refractivity contribution >= 4 is 46.6 Å². The number of aromatic nitrogens is 2. The molecule has 2 unspecified atom stereocenters. The van der Waals surface area contributed by atoms with Gasteiger partial charge in [-0.2, -0.15) is 0 Å². The van der Waals surface area contributed by atoms with Gasteiger partial charge in [-0.3, -0.25) is 19.7 Å². The van der Waals surface area contributed by atoms with E-state index in [2.05, 4.69) is 15.5 Å². The smallest absolute Gasteiger partial charge is 0.308 e. The van der Waals surface area contributed by atoms with Gasteiger partial charge in [-0.1, -0.05) is 11.6 Å². The van der Waals surface area contributed by atoms with Gasteiger partial charge in [0.25, 0.3) is 11.6 Å². The number of nitro benzene ring substituents is 1. The molecule has 164 valence electrons. The fourth-order valence-corrected chi connectivity index (χ4v) is 4.19. The van der Waals surface area contributed by atoms with Crippen molar-refractivity contribution in [2.75, 3.05) is 5.32 Å². The maximum Gasteiger partial charge on any atom is 0.308 e. The summed E-state index contributed by atoms with van der Waals surface area (Å²) in [4.78, 5) is 35.8. The molecule has 1 aliphatic heterocycles. The van der Waals surface area contributed by atoms with E-state index in [1.165, 1.54) is 36.0 Å². The lowest BCUT2D eigenvalue weighted by atomic mass is 10.2. The van der Waals surface area contributed by atoms with Crippen LogP contribution >= 0.6 is 23.4 Å². The van der Waals surface area contributed by atoms with Gasteiger partial charge in [-0.25, -0.2) is 0 Å². The number of hydrogen-bond acceptors (Lipinski definition) is 9. The van der Waals surface area contributed by atoms with Crippen LogP contribution in [0.1, 0.15) is 25.3 Å². The largest absolute Gasteiger partial charge is 0.453 e. The van der Waals surface area contributed by atoms with Crippen LogP contribution in [0.2, 0.25) is 5.02 Å². The van der Waals surface area contributed by atoms with Crippen molar-refractivity contribution in [2.45, 2.75) is 29.6 Å². The van der Waals surface area contributed by atoms with Crippen molar-refractivity contribution in [2.24, 2.45) is 0 Å². The number of carbonyl (C=O) groups excluding carboxylic acids is 2. The Hall–Kier alpha value is -3.44. The molecular weight excluding hydrogens is 460 g/mol. The molecule has 0 saturated heterocycles. The number of nitrogens with zero attached hydrogens (tertiary/aromatic N) is 3. The molecule has 10 nitrogen and oxygen atoms in total. The van der Waals surface area contributed by atoms with Gasteiger partial charge in [0, 0.05) is 27.6 Å². The van der Waals surface area contributed by atoms with Gasteiger partial charge >= 0.3 is 5.97 Å². The van der Waals surface area contributed by atoms with Gasteiger partial charge in [-0.05, 0) is 37.3 Å². The Morgan fingerprint density at radius 3 is 2.78 bits per heavy atom. The fourth-order valence-electron chi connectivity index (χ4n) is 2.95. The molecule has 2 heterocycles. The van der Waals surface area contributed by atoms with Crippen molar-refractivity contribution in [1.29, 1.82) is 0 Å². The average molecular weight is 475 g/mol. The number of carbonyl (C=O) groups is 2. The van der Waals surface area contributed by atoms with E-state index in [0.29, 0.717) is 16.3 Å². The van der Waals surface area contributed by atoms with E-state index in [9.17, 15) is 19.7 Å². The zero-order valence-electron chi connectivity index (χ0n) is 16.5. The predicted molar refractivity (Wildman–Crippen MR) is 115 cm³/mol. The molecule has 0 saturated carbocycles. The van der Waals surface area contributed by atoms with E-state index in [1.54, 1.807) is 25.1 Å². The number of halogens is 1. The van der Waals surface area contributed by atoms with Crippen LogP contribution < -0.4 is 5.32 Å². The number of amides is 1. The number of anilines is 1. The molecule has 32 heavy (non-hydrogen) atoms. The minimum absolute atomic E-state index is 0.0624. The molecule has 1 aromatic heterocycles. The van der Waals surface area contributed by atoms with Crippen molar-refractivity contribution in [3.8, 4) is 11.5 Å². The first-order chi connectivity index (χ1) is 15.3. The van der Waals surface area contributed by atoms with Crippen molar-refractivity contribution < 1.29 is 23.7 Å². The highest BCUT2D eigenvalue weighted by molar-refractivity contribution is 8.01. The summed E-state index contributed by atoms with van der Waals surface area (Å²) in [6.07, 6.45) is -0.990. The predicted octanol–water partition coefficient (Wildman–Crippen LogP) is 4.41. The highest BCUT2D eigenvalue weighted by Crippen LogP contribution is 2.38. The summed E-state index contributed by atoms with van der Waals surface area (Å²) >= 11 is 7.20. The Kier molecular flexibility index (Phi) is 6.10. The molecule has 1 amide bonds. The van der Waals surface area contributed by atoms with E-state index in [4.69, 9.17) is 20.8 Å². The summed E-state index contributed by atoms with van der Waals surface area (Å²) in [5.41, 5.74) is 1.03. The Bertz CT molecular complexity index is 1200. The van der Waals surface area contributed by atoms with Crippen molar-refractivity contribution in [3.05, 3.63) is 63.5 Å². The van der Waals surface area contributed by atoms with E-state index in [-0.39, 0.29) is 29.8 Å². The second-order valence-electron chi connectivity index (χ2n) is 6.82. The van der Waals surface area contributed by atoms with E-state index in [0.717, 1.165) is 4.90 Å². The highest BCUT2D eigenvalue weighted by atomic mass is 35.5. The molecule has 1 N–H and O–H groups in total. The molecule has 0 radical (unpaired) electrons. The number of rotatable bonds is 6. The first-order valence-electron chi connectivity index (χ1n) is 9.35. The number of hydrogen-bond donors (Lipinski definition) is 1. The summed E-state index contributed by atoms with van der Waals surface area (Å²) < 4.78 is 10.9. The van der Waals surface area contributed by atoms with Crippen molar-refractivity contribution in [3.63, 3.8) is 0 Å². The molecule has 2 atom stereocenters. The minimum atomic E-state index is -0.843. The maximum atomic E-state index is 12.4. The second-order valence-corrected chi connectivity index (χ2v) is 8.50. The normalized spacial score (nSPS) is 16.1. The van der Waals surface area contributed by atoms with E-state index >= 15 is 0 Å². The Balaban J connectivity index is 1.37. The lowest BCUT2D eigenvalue weighted by Gasteiger charge is -2.23. The molecule has 0 bridgehead atoms. The Labute approximate surface area is 190 Å². The van der Waals surface area contributed by atoms with Crippen LogP contribution in [-0.4, -0.2) is 32.2 Å². The third kappa shape index (κ3) is 4.73. The van der Waals surface area contributed by atoms with Gasteiger partial charge in [0.1, 0.15) is 0 Å². The molecule has 12 heteroatoms. The van der Waals surface area contributed by atoms with Gasteiger partial charge in [-0.15, -0.1) is 22.0 Å². The number of non-ortho nitro benzene ring substituents is 1. The second kappa shape index (κ2) is 8.97. The lowest BCUT2D eigenvalue weighted by Crippen LogP contribution is -2.31. The topological polar surface area (TPSA) is 137 Å². The molecule has 0 fully saturated rings. The average Bonchev–Trinajstić information content (AvgIpc) is 3.25. The first-order valence-corrected chi connectivity index (χ1v) is 10.6. The fraction of sp³-hybridized carbons (Fsp3) is 0.200. The number of thioether (sulfide) groups is 1. The van der Waals surface area contributed by atoms with Crippen LogP contribution in [0, 0.1) is 10.1 Å². The van der Waals surface area contributed by atoms with Gasteiger partial charge in [0.15, 0.2) is 6.10 Å². The molecule has 0 spiro atoms. The standard InChI is InChI=1S/C20H15ClN4O6S/c1-10(19-23-24-20(31-19)11-2-5-13(6-3-11)25(28)29)30-17(26)9-16-18(27)22-14-8-12(21)4-7-15(14)32-16/h2-8,10,16H,9H2,1H3,(H,22,27). The van der Waals surface area contributed by atoms with E-state index < -0.39 is 22.2 Å². The molecule has 3 aromatic rings. The quantitative estimate of drug-likeness (QED) is 0.312. The maximum absolute atomic E-state index is 12.4.